The van der Waals surface area contributed by atoms with Gasteiger partial charge in [0, 0.05) is 6.42 Å². The Balaban J connectivity index is 1.88. The second-order valence-electron chi connectivity index (χ2n) is 4.95. The summed E-state index contributed by atoms with van der Waals surface area (Å²) in [6.45, 7) is 2.47. The zero-order valence-electron chi connectivity index (χ0n) is 12.6. The summed E-state index contributed by atoms with van der Waals surface area (Å²) in [5.41, 5.74) is 0. The number of ether oxygens (including phenoxy) is 1. The molecule has 22 heavy (non-hydrogen) atoms. The molecule has 0 bridgehead atoms. The predicted molar refractivity (Wildman–Crippen MR) is 79.7 cm³/mol. The fourth-order valence-corrected chi connectivity index (χ4v) is 2.18. The highest BCUT2D eigenvalue weighted by molar-refractivity contribution is 5.71. The number of aliphatic carboxylic acids is 1. The van der Waals surface area contributed by atoms with E-state index in [1.807, 2.05) is 37.3 Å². The van der Waals surface area contributed by atoms with Crippen molar-refractivity contribution in [3.05, 3.63) is 36.2 Å². The SMILES string of the molecule is CCCC(C(=O)O)n1nnnc1CCCOc1ccccc1. The molecular formula is C15H20N4O3. The Kier molecular flexibility index (Phi) is 5.88. The molecular weight excluding hydrogens is 284 g/mol. The van der Waals surface area contributed by atoms with Crippen molar-refractivity contribution in [2.24, 2.45) is 0 Å². The monoisotopic (exact) mass is 304 g/mol. The van der Waals surface area contributed by atoms with Crippen molar-refractivity contribution in [3.63, 3.8) is 0 Å². The Bertz CT molecular complexity index is 585. The van der Waals surface area contributed by atoms with Gasteiger partial charge in [0.1, 0.15) is 5.75 Å². The highest BCUT2D eigenvalue weighted by Gasteiger charge is 2.23. The minimum Gasteiger partial charge on any atom is -0.494 e. The average Bonchev–Trinajstić information content (AvgIpc) is 2.98. The molecule has 1 aromatic carbocycles. The zero-order valence-corrected chi connectivity index (χ0v) is 12.6. The van der Waals surface area contributed by atoms with E-state index in [9.17, 15) is 9.90 Å². The predicted octanol–water partition coefficient (Wildman–Crippen LogP) is 2.11. The lowest BCUT2D eigenvalue weighted by molar-refractivity contribution is -0.141. The fraction of sp³-hybridized carbons (Fsp3) is 0.467. The summed E-state index contributed by atoms with van der Waals surface area (Å²) >= 11 is 0. The van der Waals surface area contributed by atoms with Crippen LogP contribution in [0.25, 0.3) is 0 Å². The maximum absolute atomic E-state index is 11.3. The van der Waals surface area contributed by atoms with Gasteiger partial charge in [0.25, 0.3) is 0 Å². The number of tetrazole rings is 1. The number of para-hydroxylation sites is 1. The first-order chi connectivity index (χ1) is 10.7. The Morgan fingerprint density at radius 1 is 1.36 bits per heavy atom. The van der Waals surface area contributed by atoms with Crippen molar-refractivity contribution in [3.8, 4) is 5.75 Å². The molecule has 0 spiro atoms. The Labute approximate surface area is 128 Å². The molecule has 0 aliphatic rings. The molecule has 0 saturated carbocycles. The first-order valence-corrected chi connectivity index (χ1v) is 7.39. The smallest absolute Gasteiger partial charge is 0.328 e. The zero-order chi connectivity index (χ0) is 15.8. The van der Waals surface area contributed by atoms with E-state index in [1.54, 1.807) is 0 Å². The van der Waals surface area contributed by atoms with Gasteiger partial charge >= 0.3 is 5.97 Å². The molecule has 7 heteroatoms. The third-order valence-corrected chi connectivity index (χ3v) is 3.26. The van der Waals surface area contributed by atoms with Crippen molar-refractivity contribution >= 4 is 5.97 Å². The third kappa shape index (κ3) is 4.28. The number of aryl methyl sites for hydroxylation is 1. The first-order valence-electron chi connectivity index (χ1n) is 7.39. The van der Waals surface area contributed by atoms with Crippen LogP contribution in [0, 0.1) is 0 Å². The number of rotatable bonds is 9. The number of benzene rings is 1. The standard InChI is InChI=1S/C15H20N4O3/c1-2-7-13(15(20)21)19-14(16-17-18-19)10-6-11-22-12-8-4-3-5-9-12/h3-5,8-9,13H,2,6-7,10-11H2,1H3,(H,20,21). The number of carbonyl (C=O) groups is 1. The van der Waals surface area contributed by atoms with Gasteiger partial charge in [0.2, 0.25) is 0 Å². The number of hydrogen-bond acceptors (Lipinski definition) is 5. The van der Waals surface area contributed by atoms with Crippen LogP contribution >= 0.6 is 0 Å². The van der Waals surface area contributed by atoms with Crippen molar-refractivity contribution in [2.45, 2.75) is 38.6 Å². The maximum atomic E-state index is 11.3. The maximum Gasteiger partial charge on any atom is 0.328 e. The highest BCUT2D eigenvalue weighted by Crippen LogP contribution is 2.15. The van der Waals surface area contributed by atoms with E-state index >= 15 is 0 Å². The summed E-state index contributed by atoms with van der Waals surface area (Å²) in [6.07, 6.45) is 2.56. The molecule has 0 aliphatic heterocycles. The van der Waals surface area contributed by atoms with E-state index in [4.69, 9.17) is 4.74 Å². The topological polar surface area (TPSA) is 90.1 Å². The summed E-state index contributed by atoms with van der Waals surface area (Å²) in [5.74, 6) is 0.491. The number of hydrogen-bond donors (Lipinski definition) is 1. The number of carboxylic acid groups (broad SMARTS) is 1. The fourth-order valence-electron chi connectivity index (χ4n) is 2.18. The van der Waals surface area contributed by atoms with Crippen LogP contribution in [0.2, 0.25) is 0 Å². The largest absolute Gasteiger partial charge is 0.494 e. The van der Waals surface area contributed by atoms with Crippen LogP contribution in [0.5, 0.6) is 5.75 Å². The summed E-state index contributed by atoms with van der Waals surface area (Å²) < 4.78 is 7.02. The lowest BCUT2D eigenvalue weighted by Crippen LogP contribution is -2.22. The van der Waals surface area contributed by atoms with Gasteiger partial charge < -0.3 is 9.84 Å². The molecule has 1 heterocycles. The molecule has 0 saturated heterocycles. The molecule has 7 nitrogen and oxygen atoms in total. The van der Waals surface area contributed by atoms with Gasteiger partial charge in [0.05, 0.1) is 6.61 Å². The van der Waals surface area contributed by atoms with E-state index in [2.05, 4.69) is 15.5 Å². The Morgan fingerprint density at radius 2 is 2.14 bits per heavy atom. The van der Waals surface area contributed by atoms with Crippen LogP contribution in [0.4, 0.5) is 0 Å². The van der Waals surface area contributed by atoms with Crippen molar-refractivity contribution in [1.29, 1.82) is 0 Å². The van der Waals surface area contributed by atoms with E-state index in [0.717, 1.165) is 12.2 Å². The molecule has 0 amide bonds. The molecule has 2 aromatic rings. The number of aromatic nitrogens is 4. The van der Waals surface area contributed by atoms with Crippen LogP contribution in [0.15, 0.2) is 30.3 Å². The normalized spacial score (nSPS) is 12.0. The minimum absolute atomic E-state index is 0.508. The average molecular weight is 304 g/mol. The van der Waals surface area contributed by atoms with Gasteiger partial charge in [-0.3, -0.25) is 0 Å². The second kappa shape index (κ2) is 8.11. The second-order valence-corrected chi connectivity index (χ2v) is 4.95. The Hall–Kier alpha value is -2.44. The molecule has 0 fully saturated rings. The van der Waals surface area contributed by atoms with Gasteiger partial charge in [-0.15, -0.1) is 5.10 Å². The minimum atomic E-state index is -0.907. The summed E-state index contributed by atoms with van der Waals surface area (Å²) in [4.78, 5) is 11.3. The van der Waals surface area contributed by atoms with E-state index in [-0.39, 0.29) is 0 Å². The summed E-state index contributed by atoms with van der Waals surface area (Å²) in [7, 11) is 0. The summed E-state index contributed by atoms with van der Waals surface area (Å²) in [5, 5.41) is 20.6. The van der Waals surface area contributed by atoms with Gasteiger partial charge in [-0.2, -0.15) is 0 Å². The first kappa shape index (κ1) is 15.9. The number of carboxylic acids is 1. The summed E-state index contributed by atoms with van der Waals surface area (Å²) in [6, 6.07) is 8.85. The highest BCUT2D eigenvalue weighted by atomic mass is 16.5. The van der Waals surface area contributed by atoms with Crippen molar-refractivity contribution < 1.29 is 14.6 Å². The van der Waals surface area contributed by atoms with Crippen LogP contribution in [0.1, 0.15) is 38.1 Å². The lowest BCUT2D eigenvalue weighted by atomic mass is 10.1. The Morgan fingerprint density at radius 3 is 2.82 bits per heavy atom. The van der Waals surface area contributed by atoms with Gasteiger partial charge in [-0.25, -0.2) is 9.48 Å². The molecule has 0 aliphatic carbocycles. The molecule has 1 unspecified atom stereocenters. The van der Waals surface area contributed by atoms with Crippen molar-refractivity contribution in [2.75, 3.05) is 6.61 Å². The number of nitrogens with zero attached hydrogens (tertiary/aromatic N) is 4. The molecule has 118 valence electrons. The molecule has 2 rings (SSSR count). The van der Waals surface area contributed by atoms with E-state index < -0.39 is 12.0 Å². The van der Waals surface area contributed by atoms with E-state index in [1.165, 1.54) is 4.68 Å². The molecule has 1 aromatic heterocycles. The van der Waals surface area contributed by atoms with Gasteiger partial charge in [0.15, 0.2) is 11.9 Å². The van der Waals surface area contributed by atoms with Gasteiger partial charge in [-0.1, -0.05) is 31.5 Å². The van der Waals surface area contributed by atoms with Crippen molar-refractivity contribution in [1.82, 2.24) is 20.2 Å². The van der Waals surface area contributed by atoms with E-state index in [0.29, 0.717) is 31.7 Å². The lowest BCUT2D eigenvalue weighted by Gasteiger charge is -2.13. The van der Waals surface area contributed by atoms with Crippen LogP contribution < -0.4 is 4.74 Å². The molecule has 1 atom stereocenters. The third-order valence-electron chi connectivity index (χ3n) is 3.26. The molecule has 0 radical (unpaired) electrons. The van der Waals surface area contributed by atoms with Crippen LogP contribution in [0.3, 0.4) is 0 Å². The van der Waals surface area contributed by atoms with Crippen LogP contribution in [-0.2, 0) is 11.2 Å². The quantitative estimate of drug-likeness (QED) is 0.714. The van der Waals surface area contributed by atoms with Gasteiger partial charge in [-0.05, 0) is 35.4 Å². The molecule has 1 N–H and O–H groups in total. The van der Waals surface area contributed by atoms with Crippen LogP contribution in [-0.4, -0.2) is 37.9 Å².